The second kappa shape index (κ2) is 4.50. The van der Waals surface area contributed by atoms with E-state index in [1.165, 1.54) is 18.9 Å². The summed E-state index contributed by atoms with van der Waals surface area (Å²) < 4.78 is 16.2. The number of halogens is 1. The van der Waals surface area contributed by atoms with Gasteiger partial charge < -0.3 is 9.55 Å². The van der Waals surface area contributed by atoms with Crippen LogP contribution in [-0.2, 0) is 0 Å². The molecule has 1 saturated carbocycles. The zero-order chi connectivity index (χ0) is 12.7. The predicted molar refractivity (Wildman–Crippen MR) is 73.7 cm³/mol. The van der Waals surface area contributed by atoms with Gasteiger partial charge >= 0.3 is 0 Å². The Bertz CT molecular complexity index is 628. The summed E-state index contributed by atoms with van der Waals surface area (Å²) in [6.45, 7) is 2.28. The number of benzene rings is 1. The number of hydrogen-bond donors (Lipinski definition) is 1. The van der Waals surface area contributed by atoms with Crippen molar-refractivity contribution >= 4 is 23.3 Å². The van der Waals surface area contributed by atoms with Crippen molar-refractivity contribution < 1.29 is 4.39 Å². The highest BCUT2D eigenvalue weighted by Gasteiger charge is 2.22. The van der Waals surface area contributed by atoms with E-state index in [2.05, 4.69) is 16.5 Å². The first kappa shape index (κ1) is 11.9. The highest BCUT2D eigenvalue weighted by molar-refractivity contribution is 7.71. The monoisotopic (exact) mass is 264 g/mol. The van der Waals surface area contributed by atoms with Crippen molar-refractivity contribution in [3.8, 4) is 0 Å². The Morgan fingerprint density at radius 3 is 3.00 bits per heavy atom. The van der Waals surface area contributed by atoms with Crippen LogP contribution in [0.4, 0.5) is 4.39 Å². The van der Waals surface area contributed by atoms with Crippen molar-refractivity contribution in [1.29, 1.82) is 0 Å². The van der Waals surface area contributed by atoms with E-state index < -0.39 is 0 Å². The molecule has 96 valence electrons. The molecule has 3 rings (SSSR count). The molecule has 18 heavy (non-hydrogen) atoms. The number of rotatable bonds is 1. The smallest absolute Gasteiger partial charge is 0.178 e. The van der Waals surface area contributed by atoms with Crippen molar-refractivity contribution in [3.63, 3.8) is 0 Å². The Morgan fingerprint density at radius 2 is 2.22 bits per heavy atom. The van der Waals surface area contributed by atoms with Crippen LogP contribution in [-0.4, -0.2) is 9.55 Å². The van der Waals surface area contributed by atoms with E-state index >= 15 is 0 Å². The minimum absolute atomic E-state index is 0.200. The number of aromatic nitrogens is 2. The fourth-order valence-corrected chi connectivity index (χ4v) is 3.45. The Morgan fingerprint density at radius 1 is 1.39 bits per heavy atom. The number of aromatic amines is 1. The van der Waals surface area contributed by atoms with Gasteiger partial charge in [0.15, 0.2) is 4.77 Å². The zero-order valence-corrected chi connectivity index (χ0v) is 11.3. The highest BCUT2D eigenvalue weighted by atomic mass is 32.1. The molecule has 1 N–H and O–H groups in total. The van der Waals surface area contributed by atoms with Crippen molar-refractivity contribution in [3.05, 3.63) is 28.8 Å². The minimum atomic E-state index is -0.200. The molecule has 4 heteroatoms. The van der Waals surface area contributed by atoms with Crippen LogP contribution in [0.15, 0.2) is 18.2 Å². The van der Waals surface area contributed by atoms with E-state index in [0.717, 1.165) is 34.6 Å². The molecule has 1 heterocycles. The zero-order valence-electron chi connectivity index (χ0n) is 10.4. The molecule has 2 atom stereocenters. The van der Waals surface area contributed by atoms with Gasteiger partial charge in [0.1, 0.15) is 5.82 Å². The van der Waals surface area contributed by atoms with Gasteiger partial charge in [0, 0.05) is 6.04 Å². The molecule has 1 aromatic heterocycles. The molecule has 0 radical (unpaired) electrons. The van der Waals surface area contributed by atoms with Crippen molar-refractivity contribution in [1.82, 2.24) is 9.55 Å². The maximum Gasteiger partial charge on any atom is 0.178 e. The van der Waals surface area contributed by atoms with Gasteiger partial charge in [-0.2, -0.15) is 0 Å². The van der Waals surface area contributed by atoms with Gasteiger partial charge in [-0.15, -0.1) is 0 Å². The van der Waals surface area contributed by atoms with E-state index in [4.69, 9.17) is 12.2 Å². The van der Waals surface area contributed by atoms with Gasteiger partial charge in [0.05, 0.1) is 11.0 Å². The molecule has 1 fully saturated rings. The van der Waals surface area contributed by atoms with E-state index in [0.29, 0.717) is 6.04 Å². The Balaban J connectivity index is 2.12. The second-order valence-corrected chi connectivity index (χ2v) is 5.77. The van der Waals surface area contributed by atoms with Crippen molar-refractivity contribution in [2.45, 2.75) is 38.6 Å². The molecule has 0 aliphatic heterocycles. The molecule has 2 aromatic rings. The summed E-state index contributed by atoms with van der Waals surface area (Å²) in [6.07, 6.45) is 4.80. The summed E-state index contributed by atoms with van der Waals surface area (Å²) in [4.78, 5) is 3.18. The van der Waals surface area contributed by atoms with E-state index in [-0.39, 0.29) is 5.82 Å². The maximum absolute atomic E-state index is 13.4. The third-order valence-corrected chi connectivity index (χ3v) is 4.25. The van der Waals surface area contributed by atoms with Crippen LogP contribution < -0.4 is 0 Å². The normalized spacial score (nSPS) is 24.6. The summed E-state index contributed by atoms with van der Waals surface area (Å²) in [5.41, 5.74) is 1.83. The van der Waals surface area contributed by atoms with Crippen LogP contribution in [0.2, 0.25) is 0 Å². The molecule has 0 amide bonds. The SMILES string of the molecule is CC1CCCC(n2c(=S)[nH]c3ccc(F)cc32)C1. The minimum Gasteiger partial charge on any atom is -0.331 e. The van der Waals surface area contributed by atoms with Gasteiger partial charge in [-0.05, 0) is 49.2 Å². The van der Waals surface area contributed by atoms with Gasteiger partial charge in [-0.25, -0.2) is 4.39 Å². The van der Waals surface area contributed by atoms with Gasteiger partial charge in [0.2, 0.25) is 0 Å². The van der Waals surface area contributed by atoms with Gasteiger partial charge in [0.25, 0.3) is 0 Å². The number of nitrogens with zero attached hydrogens (tertiary/aromatic N) is 1. The first-order valence-corrected chi connectivity index (χ1v) is 6.96. The largest absolute Gasteiger partial charge is 0.331 e. The number of H-pyrrole nitrogens is 1. The fraction of sp³-hybridized carbons (Fsp3) is 0.500. The standard InChI is InChI=1S/C14H17FN2S/c1-9-3-2-4-11(7-9)17-13-8-10(15)5-6-12(13)16-14(17)18/h5-6,8-9,11H,2-4,7H2,1H3,(H,16,18). The molecular weight excluding hydrogens is 247 g/mol. The topological polar surface area (TPSA) is 20.7 Å². The second-order valence-electron chi connectivity index (χ2n) is 5.39. The molecular formula is C14H17FN2S. The summed E-state index contributed by atoms with van der Waals surface area (Å²) in [7, 11) is 0. The number of nitrogens with one attached hydrogen (secondary N) is 1. The summed E-state index contributed by atoms with van der Waals surface area (Å²) in [5.74, 6) is 0.526. The number of hydrogen-bond acceptors (Lipinski definition) is 1. The van der Waals surface area contributed by atoms with Crippen LogP contribution in [0.3, 0.4) is 0 Å². The molecule has 1 aromatic carbocycles. The molecule has 2 nitrogen and oxygen atoms in total. The lowest BCUT2D eigenvalue weighted by molar-refractivity contribution is 0.285. The average molecular weight is 264 g/mol. The quantitative estimate of drug-likeness (QED) is 0.747. The Labute approximate surface area is 111 Å². The van der Waals surface area contributed by atoms with E-state index in [9.17, 15) is 4.39 Å². The molecule has 2 unspecified atom stereocenters. The lowest BCUT2D eigenvalue weighted by Gasteiger charge is -2.28. The number of fused-ring (bicyclic) bond motifs is 1. The first-order valence-electron chi connectivity index (χ1n) is 6.55. The molecule has 1 aliphatic carbocycles. The van der Waals surface area contributed by atoms with Gasteiger partial charge in [-0.1, -0.05) is 19.8 Å². The van der Waals surface area contributed by atoms with E-state index in [1.807, 2.05) is 0 Å². The molecule has 0 bridgehead atoms. The van der Waals surface area contributed by atoms with Crippen molar-refractivity contribution in [2.75, 3.05) is 0 Å². The molecule has 1 aliphatic rings. The predicted octanol–water partition coefficient (Wildman–Crippen LogP) is 4.59. The van der Waals surface area contributed by atoms with Crippen LogP contribution in [0.1, 0.15) is 38.6 Å². The summed E-state index contributed by atoms with van der Waals surface area (Å²) in [6, 6.07) is 5.24. The van der Waals surface area contributed by atoms with Crippen LogP contribution in [0.5, 0.6) is 0 Å². The number of imidazole rings is 1. The first-order chi connectivity index (χ1) is 8.65. The third kappa shape index (κ3) is 1.99. The maximum atomic E-state index is 13.4. The molecule has 0 saturated heterocycles. The van der Waals surface area contributed by atoms with Gasteiger partial charge in [-0.3, -0.25) is 0 Å². The average Bonchev–Trinajstić information content (AvgIpc) is 2.64. The lowest BCUT2D eigenvalue weighted by atomic mass is 9.87. The fourth-order valence-electron chi connectivity index (χ4n) is 3.09. The Kier molecular flexibility index (Phi) is 2.98. The summed E-state index contributed by atoms with van der Waals surface area (Å²) >= 11 is 5.40. The Hall–Kier alpha value is -1.16. The highest BCUT2D eigenvalue weighted by Crippen LogP contribution is 2.34. The third-order valence-electron chi connectivity index (χ3n) is 3.95. The van der Waals surface area contributed by atoms with Crippen molar-refractivity contribution in [2.24, 2.45) is 5.92 Å². The lowest BCUT2D eigenvalue weighted by Crippen LogP contribution is -2.17. The van der Waals surface area contributed by atoms with Crippen LogP contribution >= 0.6 is 12.2 Å². The van der Waals surface area contributed by atoms with Crippen LogP contribution in [0, 0.1) is 16.5 Å². The van der Waals surface area contributed by atoms with E-state index in [1.54, 1.807) is 12.1 Å². The molecule has 0 spiro atoms. The van der Waals surface area contributed by atoms with Crippen LogP contribution in [0.25, 0.3) is 11.0 Å². The summed E-state index contributed by atoms with van der Waals surface area (Å²) in [5, 5.41) is 0.